The lowest BCUT2D eigenvalue weighted by atomic mass is 9.96. The number of nitrogens with one attached hydrogen (secondary N) is 1. The van der Waals surface area contributed by atoms with Crippen molar-refractivity contribution >= 4 is 5.91 Å². The molecule has 0 aliphatic carbocycles. The SMILES string of the molecule is CC/C=C\C/C=C\C/C=C\C/C=C\CCCCCCCCCCCCCCCCCCCCC(=O)NC(COC1OC(CO)C(OC2OC(CO)C(OC3OC(CO)C(O)C(O)C3O)C(O)C2O)C(O)C1O)C(O)/C=C/CCCCCCCCCCCCCCCCCCCCCCCCCCCCCCCC. The van der Waals surface area contributed by atoms with E-state index in [9.17, 15) is 61.0 Å². The van der Waals surface area contributed by atoms with Crippen LogP contribution in [0.3, 0.4) is 0 Å². The number of hydrogen-bond acceptors (Lipinski definition) is 18. The van der Waals surface area contributed by atoms with Crippen LogP contribution in [0, 0.1) is 0 Å². The van der Waals surface area contributed by atoms with Crippen LogP contribution in [0.5, 0.6) is 0 Å². The summed E-state index contributed by atoms with van der Waals surface area (Å²) in [4.78, 5) is 13.5. The van der Waals surface area contributed by atoms with Gasteiger partial charge in [0.25, 0.3) is 0 Å². The van der Waals surface area contributed by atoms with E-state index in [1.165, 1.54) is 270 Å². The third kappa shape index (κ3) is 47.4. The Bertz CT molecular complexity index is 2180. The van der Waals surface area contributed by atoms with E-state index in [4.69, 9.17) is 28.4 Å². The normalized spacial score (nSPS) is 25.7. The zero-order chi connectivity index (χ0) is 78.1. The zero-order valence-corrected chi connectivity index (χ0v) is 68.1. The van der Waals surface area contributed by atoms with Crippen molar-refractivity contribution in [1.29, 1.82) is 0 Å². The van der Waals surface area contributed by atoms with Gasteiger partial charge in [-0.1, -0.05) is 364 Å². The molecular formula is C89H163NO18. The number of allylic oxidation sites excluding steroid dienone is 9. The molecule has 0 aromatic heterocycles. The average Bonchev–Trinajstić information content (AvgIpc) is 0.779. The van der Waals surface area contributed by atoms with E-state index in [1.54, 1.807) is 6.08 Å². The van der Waals surface area contributed by atoms with Crippen molar-refractivity contribution in [2.24, 2.45) is 0 Å². The Kier molecular flexibility index (Phi) is 63.6. The summed E-state index contributed by atoms with van der Waals surface area (Å²) < 4.78 is 34.5. The van der Waals surface area contributed by atoms with E-state index in [0.29, 0.717) is 6.42 Å². The Labute approximate surface area is 656 Å². The van der Waals surface area contributed by atoms with Crippen LogP contribution >= 0.6 is 0 Å². The van der Waals surface area contributed by atoms with Gasteiger partial charge in [-0.3, -0.25) is 4.79 Å². The molecule has 0 radical (unpaired) electrons. The molecule has 0 aromatic carbocycles. The van der Waals surface area contributed by atoms with Crippen molar-refractivity contribution in [3.8, 4) is 0 Å². The van der Waals surface area contributed by atoms with Crippen LogP contribution in [0.1, 0.15) is 367 Å². The van der Waals surface area contributed by atoms with Crippen LogP contribution in [-0.4, -0.2) is 193 Å². The highest BCUT2D eigenvalue weighted by atomic mass is 16.8. The molecule has 19 heteroatoms. The highest BCUT2D eigenvalue weighted by Crippen LogP contribution is 2.34. The molecule has 1 amide bonds. The number of carbonyl (C=O) groups is 1. The summed E-state index contributed by atoms with van der Waals surface area (Å²) in [5, 5.41) is 121. The molecule has 632 valence electrons. The standard InChI is InChI=1S/C89H163NO18/c1-3-5-7-9-11-13-15-17-19-21-23-25-27-29-31-33-35-37-38-40-42-44-46-48-50-52-54-56-58-60-62-64-66-73(94)72(90-77(95)67-65-63-61-59-57-55-53-51-49-47-45-43-41-39-36-34-32-30-28-26-24-22-20-18-16-14-12-10-8-6-4-2)71-103-87-83(101)80(98)85(75(69-92)105-87)108-89-84(102)81(99)86(76(70-93)106-89)107-88-82(100)79(97)78(96)74(68-91)104-88/h6,8,12,14,18,20,24,26,64,66,72-76,78-89,91-94,96-102H,3-5,7,9-11,13,15-17,19,21-23,25,27-63,65,67-71H2,1-2H3,(H,90,95)/b8-6-,14-12-,20-18-,26-24-,66-64+. The van der Waals surface area contributed by atoms with E-state index >= 15 is 0 Å². The summed E-state index contributed by atoms with van der Waals surface area (Å²) in [6.45, 7) is 1.68. The summed E-state index contributed by atoms with van der Waals surface area (Å²) in [6.07, 6.45) is 63.7. The van der Waals surface area contributed by atoms with Crippen LogP contribution in [0.15, 0.2) is 60.8 Å². The molecule has 0 aromatic rings. The summed E-state index contributed by atoms with van der Waals surface area (Å²) in [5.41, 5.74) is 0. The molecule has 17 atom stereocenters. The van der Waals surface area contributed by atoms with Crippen molar-refractivity contribution in [2.45, 2.75) is 471 Å². The fourth-order valence-electron chi connectivity index (χ4n) is 15.0. The van der Waals surface area contributed by atoms with Crippen molar-refractivity contribution in [3.63, 3.8) is 0 Å². The van der Waals surface area contributed by atoms with Crippen molar-refractivity contribution in [1.82, 2.24) is 5.32 Å². The highest BCUT2D eigenvalue weighted by Gasteiger charge is 2.54. The second-order valence-electron chi connectivity index (χ2n) is 31.7. The molecule has 0 saturated carbocycles. The first-order valence-electron chi connectivity index (χ1n) is 44.5. The number of aliphatic hydroxyl groups excluding tert-OH is 11. The van der Waals surface area contributed by atoms with Gasteiger partial charge in [0.2, 0.25) is 5.91 Å². The van der Waals surface area contributed by atoms with Gasteiger partial charge in [-0.05, 0) is 57.8 Å². The predicted molar refractivity (Wildman–Crippen MR) is 434 cm³/mol. The van der Waals surface area contributed by atoms with Crippen LogP contribution in [0.4, 0.5) is 0 Å². The van der Waals surface area contributed by atoms with E-state index in [1.807, 2.05) is 6.08 Å². The topological polar surface area (TPSA) is 307 Å². The number of carbonyl (C=O) groups excluding carboxylic acids is 1. The van der Waals surface area contributed by atoms with Crippen molar-refractivity contribution in [2.75, 3.05) is 26.4 Å². The Morgan fingerprint density at radius 3 is 1.00 bits per heavy atom. The van der Waals surface area contributed by atoms with E-state index < -0.39 is 124 Å². The number of rotatable bonds is 72. The number of hydrogen-bond donors (Lipinski definition) is 12. The summed E-state index contributed by atoms with van der Waals surface area (Å²) >= 11 is 0. The maximum Gasteiger partial charge on any atom is 0.220 e. The first-order chi connectivity index (χ1) is 52.8. The molecule has 3 heterocycles. The molecule has 3 aliphatic heterocycles. The van der Waals surface area contributed by atoms with Crippen LogP contribution in [-0.2, 0) is 33.2 Å². The average molecular weight is 1540 g/mol. The van der Waals surface area contributed by atoms with Crippen LogP contribution in [0.25, 0.3) is 0 Å². The van der Waals surface area contributed by atoms with E-state index in [2.05, 4.69) is 67.8 Å². The Morgan fingerprint density at radius 1 is 0.343 bits per heavy atom. The summed E-state index contributed by atoms with van der Waals surface area (Å²) in [6, 6.07) is -0.976. The van der Waals surface area contributed by atoms with Gasteiger partial charge in [0.15, 0.2) is 18.9 Å². The summed E-state index contributed by atoms with van der Waals surface area (Å²) in [7, 11) is 0. The molecule has 12 N–H and O–H groups in total. The van der Waals surface area contributed by atoms with Gasteiger partial charge in [-0.15, -0.1) is 0 Å². The molecule has 108 heavy (non-hydrogen) atoms. The van der Waals surface area contributed by atoms with Crippen LogP contribution < -0.4 is 5.32 Å². The van der Waals surface area contributed by atoms with Gasteiger partial charge < -0.3 is 89.9 Å². The number of unbranched alkanes of at least 4 members (excludes halogenated alkanes) is 48. The second kappa shape index (κ2) is 68.9. The number of aliphatic hydroxyl groups is 11. The molecule has 3 saturated heterocycles. The largest absolute Gasteiger partial charge is 0.394 e. The fourth-order valence-corrected chi connectivity index (χ4v) is 15.0. The maximum atomic E-state index is 13.5. The lowest BCUT2D eigenvalue weighted by Crippen LogP contribution is -2.66. The number of amides is 1. The fraction of sp³-hybridized carbons (Fsp3) is 0.876. The molecule has 3 aliphatic rings. The molecule has 3 rings (SSSR count). The smallest absolute Gasteiger partial charge is 0.220 e. The molecular weight excluding hydrogens is 1370 g/mol. The molecule has 0 spiro atoms. The monoisotopic (exact) mass is 1530 g/mol. The molecule has 19 nitrogen and oxygen atoms in total. The Morgan fingerprint density at radius 2 is 0.639 bits per heavy atom. The zero-order valence-electron chi connectivity index (χ0n) is 68.1. The van der Waals surface area contributed by atoms with Crippen LogP contribution in [0.2, 0.25) is 0 Å². The second-order valence-corrected chi connectivity index (χ2v) is 31.7. The van der Waals surface area contributed by atoms with E-state index in [-0.39, 0.29) is 18.9 Å². The lowest BCUT2D eigenvalue weighted by molar-refractivity contribution is -0.379. The first kappa shape index (κ1) is 99.7. The van der Waals surface area contributed by atoms with Gasteiger partial charge in [0.05, 0.1) is 38.6 Å². The number of ether oxygens (including phenoxy) is 6. The van der Waals surface area contributed by atoms with Gasteiger partial charge >= 0.3 is 0 Å². The third-order valence-corrected chi connectivity index (χ3v) is 22.1. The Balaban J connectivity index is 1.33. The third-order valence-electron chi connectivity index (χ3n) is 22.1. The molecule has 3 fully saturated rings. The Hall–Kier alpha value is -2.51. The lowest BCUT2D eigenvalue weighted by Gasteiger charge is -2.48. The maximum absolute atomic E-state index is 13.5. The quantitative estimate of drug-likeness (QED) is 0.0199. The van der Waals surface area contributed by atoms with Crippen molar-refractivity contribution < 1.29 is 89.4 Å². The molecule has 17 unspecified atom stereocenters. The minimum atomic E-state index is -1.98. The summed E-state index contributed by atoms with van der Waals surface area (Å²) in [5.74, 6) is -0.270. The van der Waals surface area contributed by atoms with Gasteiger partial charge in [0, 0.05) is 6.42 Å². The van der Waals surface area contributed by atoms with Crippen molar-refractivity contribution in [3.05, 3.63) is 60.8 Å². The first-order valence-corrected chi connectivity index (χ1v) is 44.5. The minimum absolute atomic E-state index is 0.244. The van der Waals surface area contributed by atoms with Gasteiger partial charge in [0.1, 0.15) is 73.2 Å². The predicted octanol–water partition coefficient (Wildman–Crippen LogP) is 16.6. The van der Waals surface area contributed by atoms with E-state index in [0.717, 1.165) is 70.6 Å². The minimum Gasteiger partial charge on any atom is -0.394 e. The highest BCUT2D eigenvalue weighted by molar-refractivity contribution is 5.76. The molecule has 0 bridgehead atoms. The van der Waals surface area contributed by atoms with Gasteiger partial charge in [-0.25, -0.2) is 0 Å². The van der Waals surface area contributed by atoms with Gasteiger partial charge in [-0.2, -0.15) is 0 Å².